The SMILES string of the molecule is CC1CCCCC1NC(=O)Cn1c2ccccc2n2c(=O)n(CC(N)=O)nc12. The number of hydrogen-bond donors (Lipinski definition) is 2. The van der Waals surface area contributed by atoms with Gasteiger partial charge in [0.15, 0.2) is 0 Å². The van der Waals surface area contributed by atoms with Crippen LogP contribution in [0.15, 0.2) is 29.1 Å². The number of amides is 2. The van der Waals surface area contributed by atoms with Crippen LogP contribution in [0.4, 0.5) is 0 Å². The van der Waals surface area contributed by atoms with E-state index in [1.807, 2.05) is 18.2 Å². The van der Waals surface area contributed by atoms with Gasteiger partial charge in [-0.1, -0.05) is 31.9 Å². The molecule has 1 fully saturated rings. The molecule has 1 aliphatic carbocycles. The third-order valence-electron chi connectivity index (χ3n) is 5.54. The molecule has 2 unspecified atom stereocenters. The number of benzene rings is 1. The van der Waals surface area contributed by atoms with Crippen molar-refractivity contribution < 1.29 is 9.59 Å². The van der Waals surface area contributed by atoms with Crippen molar-refractivity contribution >= 4 is 28.6 Å². The number of primary amides is 1. The highest BCUT2D eigenvalue weighted by atomic mass is 16.2. The minimum Gasteiger partial charge on any atom is -0.368 e. The molecule has 0 aliphatic heterocycles. The van der Waals surface area contributed by atoms with Gasteiger partial charge in [0, 0.05) is 6.04 Å². The average Bonchev–Trinajstić information content (AvgIpc) is 3.12. The van der Waals surface area contributed by atoms with Gasteiger partial charge in [0.2, 0.25) is 17.6 Å². The van der Waals surface area contributed by atoms with Crippen molar-refractivity contribution in [2.45, 2.75) is 51.7 Å². The Morgan fingerprint density at radius 3 is 2.61 bits per heavy atom. The number of rotatable bonds is 5. The zero-order valence-corrected chi connectivity index (χ0v) is 15.8. The number of para-hydroxylation sites is 2. The molecule has 148 valence electrons. The van der Waals surface area contributed by atoms with Crippen LogP contribution < -0.4 is 16.7 Å². The van der Waals surface area contributed by atoms with E-state index < -0.39 is 11.6 Å². The predicted molar refractivity (Wildman–Crippen MR) is 104 cm³/mol. The Kier molecular flexibility index (Phi) is 4.66. The minimum absolute atomic E-state index is 0.0489. The number of aromatic nitrogens is 4. The Morgan fingerprint density at radius 2 is 1.89 bits per heavy atom. The van der Waals surface area contributed by atoms with Gasteiger partial charge in [0.1, 0.15) is 13.1 Å². The predicted octanol–water partition coefficient (Wildman–Crippen LogP) is 0.631. The number of hydrogen-bond acceptors (Lipinski definition) is 4. The molecular weight excluding hydrogens is 360 g/mol. The van der Waals surface area contributed by atoms with E-state index in [2.05, 4.69) is 17.3 Å². The number of nitrogens with zero attached hydrogens (tertiary/aromatic N) is 4. The largest absolute Gasteiger partial charge is 0.368 e. The molecule has 1 aromatic carbocycles. The van der Waals surface area contributed by atoms with Crippen LogP contribution in [0.1, 0.15) is 32.6 Å². The van der Waals surface area contributed by atoms with Crippen molar-refractivity contribution in [2.75, 3.05) is 0 Å². The van der Waals surface area contributed by atoms with E-state index in [9.17, 15) is 14.4 Å². The normalized spacial score (nSPS) is 19.9. The number of carbonyl (C=O) groups excluding carboxylic acids is 2. The van der Waals surface area contributed by atoms with Crippen LogP contribution in [0.3, 0.4) is 0 Å². The number of nitrogens with one attached hydrogen (secondary N) is 1. The lowest BCUT2D eigenvalue weighted by Crippen LogP contribution is -2.42. The lowest BCUT2D eigenvalue weighted by molar-refractivity contribution is -0.123. The topological polar surface area (TPSA) is 116 Å². The molecule has 2 heterocycles. The van der Waals surface area contributed by atoms with Gasteiger partial charge in [-0.15, -0.1) is 5.10 Å². The van der Waals surface area contributed by atoms with Crippen molar-refractivity contribution in [1.29, 1.82) is 0 Å². The fraction of sp³-hybridized carbons (Fsp3) is 0.474. The molecule has 28 heavy (non-hydrogen) atoms. The Hall–Kier alpha value is -3.10. The zero-order valence-electron chi connectivity index (χ0n) is 15.8. The van der Waals surface area contributed by atoms with Crippen LogP contribution >= 0.6 is 0 Å². The highest BCUT2D eigenvalue weighted by molar-refractivity contribution is 5.84. The molecule has 2 atom stereocenters. The van der Waals surface area contributed by atoms with E-state index in [-0.39, 0.29) is 25.0 Å². The van der Waals surface area contributed by atoms with Crippen molar-refractivity contribution in [2.24, 2.45) is 11.7 Å². The summed E-state index contributed by atoms with van der Waals surface area (Å²) < 4.78 is 4.15. The smallest absolute Gasteiger partial charge is 0.352 e. The second kappa shape index (κ2) is 7.14. The maximum absolute atomic E-state index is 12.8. The van der Waals surface area contributed by atoms with E-state index in [1.54, 1.807) is 10.6 Å². The third-order valence-corrected chi connectivity index (χ3v) is 5.54. The molecule has 9 nitrogen and oxygen atoms in total. The summed E-state index contributed by atoms with van der Waals surface area (Å²) in [7, 11) is 0. The monoisotopic (exact) mass is 384 g/mol. The molecule has 1 saturated carbocycles. The summed E-state index contributed by atoms with van der Waals surface area (Å²) in [5, 5.41) is 7.39. The summed E-state index contributed by atoms with van der Waals surface area (Å²) >= 11 is 0. The Morgan fingerprint density at radius 1 is 1.18 bits per heavy atom. The molecule has 9 heteroatoms. The zero-order chi connectivity index (χ0) is 19.8. The van der Waals surface area contributed by atoms with Gasteiger partial charge in [0.25, 0.3) is 0 Å². The van der Waals surface area contributed by atoms with Crippen LogP contribution in [-0.4, -0.2) is 36.6 Å². The molecule has 0 bridgehead atoms. The number of fused-ring (bicyclic) bond motifs is 3. The van der Waals surface area contributed by atoms with Crippen LogP contribution in [0.5, 0.6) is 0 Å². The summed E-state index contributed by atoms with van der Waals surface area (Å²) in [4.78, 5) is 36.7. The van der Waals surface area contributed by atoms with Gasteiger partial charge in [-0.25, -0.2) is 13.9 Å². The van der Waals surface area contributed by atoms with Crippen LogP contribution in [0, 0.1) is 5.92 Å². The van der Waals surface area contributed by atoms with Crippen LogP contribution in [-0.2, 0) is 22.7 Å². The molecule has 2 amide bonds. The van der Waals surface area contributed by atoms with E-state index in [0.717, 1.165) is 29.5 Å². The maximum Gasteiger partial charge on any atom is 0.352 e. The fourth-order valence-electron chi connectivity index (χ4n) is 4.10. The van der Waals surface area contributed by atoms with Crippen molar-refractivity contribution in [3.8, 4) is 0 Å². The van der Waals surface area contributed by atoms with Crippen molar-refractivity contribution in [1.82, 2.24) is 24.1 Å². The van der Waals surface area contributed by atoms with E-state index in [1.165, 1.54) is 10.8 Å². The quantitative estimate of drug-likeness (QED) is 0.671. The highest BCUT2D eigenvalue weighted by Crippen LogP contribution is 2.24. The maximum atomic E-state index is 12.8. The number of carbonyl (C=O) groups is 2. The fourth-order valence-corrected chi connectivity index (χ4v) is 4.10. The van der Waals surface area contributed by atoms with Gasteiger partial charge >= 0.3 is 5.69 Å². The Bertz CT molecular complexity index is 1110. The summed E-state index contributed by atoms with van der Waals surface area (Å²) in [6.45, 7) is 1.91. The van der Waals surface area contributed by atoms with Crippen LogP contribution in [0.25, 0.3) is 16.8 Å². The summed E-state index contributed by atoms with van der Waals surface area (Å²) in [6.07, 6.45) is 4.44. The summed E-state index contributed by atoms with van der Waals surface area (Å²) in [5.41, 5.74) is 6.13. The van der Waals surface area contributed by atoms with Crippen LogP contribution in [0.2, 0.25) is 0 Å². The highest BCUT2D eigenvalue weighted by Gasteiger charge is 2.24. The molecule has 3 N–H and O–H groups in total. The molecule has 3 aromatic rings. The average molecular weight is 384 g/mol. The van der Waals surface area contributed by atoms with E-state index in [4.69, 9.17) is 5.73 Å². The van der Waals surface area contributed by atoms with Crippen molar-refractivity contribution in [3.63, 3.8) is 0 Å². The van der Waals surface area contributed by atoms with Gasteiger partial charge in [-0.3, -0.25) is 14.2 Å². The summed E-state index contributed by atoms with van der Waals surface area (Å²) in [6, 6.07) is 7.47. The molecular formula is C19H24N6O3. The first-order valence-corrected chi connectivity index (χ1v) is 9.60. The van der Waals surface area contributed by atoms with E-state index >= 15 is 0 Å². The standard InChI is InChI=1S/C19H24N6O3/c1-12-6-2-3-7-13(12)21-17(27)11-23-14-8-4-5-9-15(14)25-18(23)22-24(19(25)28)10-16(20)26/h4-5,8-9,12-13H,2-3,6-7,10-11H2,1H3,(H2,20,26)(H,21,27). The third kappa shape index (κ3) is 3.17. The summed E-state index contributed by atoms with van der Waals surface area (Å²) in [5.74, 6) is 0.0115. The van der Waals surface area contributed by atoms with Gasteiger partial charge < -0.3 is 11.1 Å². The second-order valence-electron chi connectivity index (χ2n) is 7.55. The van der Waals surface area contributed by atoms with Gasteiger partial charge in [0.05, 0.1) is 11.0 Å². The molecule has 4 rings (SSSR count). The molecule has 1 aliphatic rings. The molecule has 2 aromatic heterocycles. The lowest BCUT2D eigenvalue weighted by Gasteiger charge is -2.29. The first kappa shape index (κ1) is 18.3. The first-order chi connectivity index (χ1) is 13.5. The second-order valence-corrected chi connectivity index (χ2v) is 7.55. The molecule has 0 radical (unpaired) electrons. The Labute approximate surface area is 161 Å². The first-order valence-electron chi connectivity index (χ1n) is 9.60. The Balaban J connectivity index is 1.71. The number of nitrogens with two attached hydrogens (primary N) is 1. The van der Waals surface area contributed by atoms with E-state index in [0.29, 0.717) is 17.2 Å². The van der Waals surface area contributed by atoms with Crippen molar-refractivity contribution in [3.05, 3.63) is 34.7 Å². The minimum atomic E-state index is -0.650. The van der Waals surface area contributed by atoms with Gasteiger partial charge in [-0.05, 0) is 30.9 Å². The van der Waals surface area contributed by atoms with Gasteiger partial charge in [-0.2, -0.15) is 0 Å². The molecule has 0 spiro atoms. The number of imidazole rings is 1. The lowest BCUT2D eigenvalue weighted by atomic mass is 9.86. The molecule has 0 saturated heterocycles.